The molecule has 154 valence electrons. The SMILES string of the molecule is CCNC(=NCCCC1CCCC1)NCCCCn1c(C)cccc1=O.I. The number of unbranched alkanes of at least 4 members (excludes halogenated alkanes) is 1. The second kappa shape index (κ2) is 14.0. The van der Waals surface area contributed by atoms with E-state index in [4.69, 9.17) is 4.99 Å². The third-order valence-corrected chi connectivity index (χ3v) is 5.23. The van der Waals surface area contributed by atoms with Crippen molar-refractivity contribution < 1.29 is 0 Å². The lowest BCUT2D eigenvalue weighted by Crippen LogP contribution is -2.38. The number of nitrogens with zero attached hydrogens (tertiary/aromatic N) is 2. The summed E-state index contributed by atoms with van der Waals surface area (Å²) < 4.78 is 1.85. The van der Waals surface area contributed by atoms with Gasteiger partial charge in [0.25, 0.3) is 5.56 Å². The van der Waals surface area contributed by atoms with Gasteiger partial charge in [0, 0.05) is 37.9 Å². The molecular weight excluding hydrogens is 451 g/mol. The summed E-state index contributed by atoms with van der Waals surface area (Å²) in [4.78, 5) is 16.6. The van der Waals surface area contributed by atoms with Gasteiger partial charge in [0.05, 0.1) is 0 Å². The van der Waals surface area contributed by atoms with Gasteiger partial charge < -0.3 is 15.2 Å². The topological polar surface area (TPSA) is 58.4 Å². The van der Waals surface area contributed by atoms with Gasteiger partial charge in [0.2, 0.25) is 0 Å². The van der Waals surface area contributed by atoms with Crippen molar-refractivity contribution in [2.24, 2.45) is 10.9 Å². The second-order valence-corrected chi connectivity index (χ2v) is 7.34. The molecule has 0 unspecified atom stereocenters. The fraction of sp³-hybridized carbons (Fsp3) is 0.714. The maximum absolute atomic E-state index is 11.9. The van der Waals surface area contributed by atoms with E-state index in [0.717, 1.165) is 56.6 Å². The Bertz CT molecular complexity index is 608. The van der Waals surface area contributed by atoms with Gasteiger partial charge in [0.1, 0.15) is 0 Å². The summed E-state index contributed by atoms with van der Waals surface area (Å²) in [5, 5.41) is 6.74. The smallest absolute Gasteiger partial charge is 0.250 e. The Morgan fingerprint density at radius 3 is 2.67 bits per heavy atom. The summed E-state index contributed by atoms with van der Waals surface area (Å²) in [6, 6.07) is 5.44. The molecule has 0 spiro atoms. The molecule has 1 heterocycles. The Kier molecular flexibility index (Phi) is 12.5. The Morgan fingerprint density at radius 1 is 1.19 bits per heavy atom. The van der Waals surface area contributed by atoms with Crippen molar-refractivity contribution in [1.82, 2.24) is 15.2 Å². The molecule has 0 amide bonds. The molecule has 0 radical (unpaired) electrons. The number of rotatable bonds is 10. The van der Waals surface area contributed by atoms with Crippen molar-refractivity contribution in [2.75, 3.05) is 19.6 Å². The van der Waals surface area contributed by atoms with Gasteiger partial charge >= 0.3 is 0 Å². The normalized spacial score (nSPS) is 14.8. The van der Waals surface area contributed by atoms with Crippen molar-refractivity contribution in [2.45, 2.75) is 71.8 Å². The number of hydrogen-bond donors (Lipinski definition) is 2. The van der Waals surface area contributed by atoms with Crippen molar-refractivity contribution in [3.05, 3.63) is 34.2 Å². The highest BCUT2D eigenvalue weighted by Gasteiger charge is 2.13. The number of guanidine groups is 1. The van der Waals surface area contributed by atoms with Crippen molar-refractivity contribution in [1.29, 1.82) is 0 Å². The van der Waals surface area contributed by atoms with E-state index < -0.39 is 0 Å². The van der Waals surface area contributed by atoms with E-state index in [1.165, 1.54) is 38.5 Å². The Labute approximate surface area is 181 Å². The number of aliphatic imine (C=N–C) groups is 1. The highest BCUT2D eigenvalue weighted by molar-refractivity contribution is 14.0. The zero-order valence-corrected chi connectivity index (χ0v) is 19.3. The Hall–Kier alpha value is -1.05. The maximum atomic E-state index is 11.9. The largest absolute Gasteiger partial charge is 0.357 e. The molecule has 1 aliphatic carbocycles. The lowest BCUT2D eigenvalue weighted by molar-refractivity contribution is 0.487. The molecule has 27 heavy (non-hydrogen) atoms. The van der Waals surface area contributed by atoms with Crippen LogP contribution in [0.5, 0.6) is 0 Å². The van der Waals surface area contributed by atoms with Crippen LogP contribution in [0.2, 0.25) is 0 Å². The zero-order chi connectivity index (χ0) is 18.6. The maximum Gasteiger partial charge on any atom is 0.250 e. The summed E-state index contributed by atoms with van der Waals surface area (Å²) in [5.74, 6) is 1.87. The van der Waals surface area contributed by atoms with E-state index in [1.807, 2.05) is 23.6 Å². The molecule has 1 aromatic rings. The van der Waals surface area contributed by atoms with Crippen LogP contribution in [0.3, 0.4) is 0 Å². The molecule has 0 aromatic carbocycles. The van der Waals surface area contributed by atoms with Crippen LogP contribution in [0, 0.1) is 12.8 Å². The second-order valence-electron chi connectivity index (χ2n) is 7.34. The lowest BCUT2D eigenvalue weighted by atomic mass is 10.0. The number of halogens is 1. The van der Waals surface area contributed by atoms with E-state index in [0.29, 0.717) is 0 Å². The average Bonchev–Trinajstić information content (AvgIpc) is 3.14. The number of pyridine rings is 1. The summed E-state index contributed by atoms with van der Waals surface area (Å²) in [5.41, 5.74) is 1.12. The fourth-order valence-electron chi connectivity index (χ4n) is 3.72. The molecule has 1 saturated carbocycles. The molecule has 0 bridgehead atoms. The van der Waals surface area contributed by atoms with Crippen LogP contribution in [-0.4, -0.2) is 30.2 Å². The van der Waals surface area contributed by atoms with E-state index in [1.54, 1.807) is 6.07 Å². The molecule has 6 heteroatoms. The lowest BCUT2D eigenvalue weighted by Gasteiger charge is -2.13. The van der Waals surface area contributed by atoms with Gasteiger partial charge in [-0.1, -0.05) is 31.7 Å². The van der Waals surface area contributed by atoms with E-state index >= 15 is 0 Å². The fourth-order valence-corrected chi connectivity index (χ4v) is 3.72. The van der Waals surface area contributed by atoms with E-state index in [9.17, 15) is 4.79 Å². The average molecular weight is 488 g/mol. The van der Waals surface area contributed by atoms with Crippen LogP contribution >= 0.6 is 24.0 Å². The minimum absolute atomic E-state index is 0. The highest BCUT2D eigenvalue weighted by atomic mass is 127. The number of hydrogen-bond acceptors (Lipinski definition) is 2. The molecule has 1 aromatic heterocycles. The highest BCUT2D eigenvalue weighted by Crippen LogP contribution is 2.28. The first-order chi connectivity index (χ1) is 12.7. The number of aromatic nitrogens is 1. The van der Waals surface area contributed by atoms with Gasteiger partial charge in [-0.3, -0.25) is 9.79 Å². The van der Waals surface area contributed by atoms with Crippen molar-refractivity contribution >= 4 is 29.9 Å². The first-order valence-electron chi connectivity index (χ1n) is 10.4. The van der Waals surface area contributed by atoms with Gasteiger partial charge in [-0.25, -0.2) is 0 Å². The predicted molar refractivity (Wildman–Crippen MR) is 125 cm³/mol. The van der Waals surface area contributed by atoms with Crippen molar-refractivity contribution in [3.63, 3.8) is 0 Å². The van der Waals surface area contributed by atoms with Crippen LogP contribution in [0.25, 0.3) is 0 Å². The molecule has 0 saturated heterocycles. The predicted octanol–water partition coefficient (Wildman–Crippen LogP) is 4.08. The van der Waals surface area contributed by atoms with Gasteiger partial charge in [-0.05, 0) is 51.5 Å². The standard InChI is InChI=1S/C21H36N4O.HI/c1-3-22-21(24-16-9-13-19-11-4-5-12-19)23-15-6-7-17-25-18(2)10-8-14-20(25)26;/h8,10,14,19H,3-7,9,11-13,15-17H2,1-2H3,(H2,22,23,24);1H. The zero-order valence-electron chi connectivity index (χ0n) is 17.0. The van der Waals surface area contributed by atoms with Gasteiger partial charge in [0.15, 0.2) is 5.96 Å². The minimum Gasteiger partial charge on any atom is -0.357 e. The summed E-state index contributed by atoms with van der Waals surface area (Å²) >= 11 is 0. The summed E-state index contributed by atoms with van der Waals surface area (Å²) in [7, 11) is 0. The van der Waals surface area contributed by atoms with Crippen LogP contribution in [0.4, 0.5) is 0 Å². The number of nitrogens with one attached hydrogen (secondary N) is 2. The molecule has 1 fully saturated rings. The third-order valence-electron chi connectivity index (χ3n) is 5.23. The van der Waals surface area contributed by atoms with Crippen molar-refractivity contribution in [3.8, 4) is 0 Å². The molecule has 2 rings (SSSR count). The Morgan fingerprint density at radius 2 is 1.96 bits per heavy atom. The van der Waals surface area contributed by atoms with Gasteiger partial charge in [-0.2, -0.15) is 0 Å². The molecule has 0 aliphatic heterocycles. The van der Waals surface area contributed by atoms with Crippen LogP contribution in [0.1, 0.15) is 64.0 Å². The van der Waals surface area contributed by atoms with Crippen LogP contribution < -0.4 is 16.2 Å². The van der Waals surface area contributed by atoms with Crippen LogP contribution in [-0.2, 0) is 6.54 Å². The van der Waals surface area contributed by atoms with Gasteiger partial charge in [-0.15, -0.1) is 24.0 Å². The molecule has 2 N–H and O–H groups in total. The Balaban J connectivity index is 0.00000364. The minimum atomic E-state index is 0. The first kappa shape index (κ1) is 24.0. The third kappa shape index (κ3) is 9.12. The molecular formula is C21H37IN4O. The molecule has 1 aliphatic rings. The first-order valence-corrected chi connectivity index (χ1v) is 10.4. The van der Waals surface area contributed by atoms with E-state index in [2.05, 4.69) is 17.6 Å². The summed E-state index contributed by atoms with van der Waals surface area (Å²) in [6.45, 7) is 7.54. The number of aryl methyl sites for hydroxylation is 1. The molecule has 5 nitrogen and oxygen atoms in total. The van der Waals surface area contributed by atoms with Crippen LogP contribution in [0.15, 0.2) is 28.0 Å². The quantitative estimate of drug-likeness (QED) is 0.226. The monoisotopic (exact) mass is 488 g/mol. The summed E-state index contributed by atoms with van der Waals surface area (Å²) in [6.07, 6.45) is 10.2. The van der Waals surface area contributed by atoms with E-state index in [-0.39, 0.29) is 29.5 Å². The molecule has 0 atom stereocenters.